The highest BCUT2D eigenvalue weighted by Crippen LogP contribution is 2.26. The largest absolute Gasteiger partial charge is 0.354 e. The van der Waals surface area contributed by atoms with Gasteiger partial charge in [-0.05, 0) is 67.1 Å². The van der Waals surface area contributed by atoms with E-state index in [-0.39, 0.29) is 31.3 Å². The SMILES string of the molecule is CCCNC(=O)[C@H](Cc1ccccc1)N(Cc1cccc(Cl)c1)C(=O)CCCN(c1cccc(C)c1C)S(C)(=O)=O. The fourth-order valence-electron chi connectivity index (χ4n) is 4.74. The lowest BCUT2D eigenvalue weighted by Crippen LogP contribution is -2.50. The first kappa shape index (κ1) is 32.2. The van der Waals surface area contributed by atoms with Crippen LogP contribution in [0.4, 0.5) is 5.69 Å². The number of nitrogens with one attached hydrogen (secondary N) is 1. The average molecular weight is 598 g/mol. The maximum Gasteiger partial charge on any atom is 0.243 e. The molecular weight excluding hydrogens is 558 g/mol. The zero-order valence-electron chi connectivity index (χ0n) is 24.3. The average Bonchev–Trinajstić information content (AvgIpc) is 2.93. The molecule has 2 amide bonds. The van der Waals surface area contributed by atoms with Crippen molar-refractivity contribution in [2.24, 2.45) is 0 Å². The van der Waals surface area contributed by atoms with Crippen LogP contribution in [0.1, 0.15) is 48.4 Å². The summed E-state index contributed by atoms with van der Waals surface area (Å²) in [5.74, 6) is -0.453. The second kappa shape index (κ2) is 15.0. The van der Waals surface area contributed by atoms with Crippen molar-refractivity contribution in [3.63, 3.8) is 0 Å². The molecule has 3 aromatic rings. The van der Waals surface area contributed by atoms with Crippen molar-refractivity contribution in [3.8, 4) is 0 Å². The molecule has 7 nitrogen and oxygen atoms in total. The minimum absolute atomic E-state index is 0.0732. The van der Waals surface area contributed by atoms with Gasteiger partial charge in [0.15, 0.2) is 0 Å². The lowest BCUT2D eigenvalue weighted by Gasteiger charge is -2.32. The van der Waals surface area contributed by atoms with Crippen molar-refractivity contribution >= 4 is 39.1 Å². The van der Waals surface area contributed by atoms with Gasteiger partial charge in [0, 0.05) is 37.5 Å². The molecule has 0 bridgehead atoms. The van der Waals surface area contributed by atoms with E-state index in [2.05, 4.69) is 5.32 Å². The van der Waals surface area contributed by atoms with Crippen LogP contribution in [-0.4, -0.2) is 50.5 Å². The summed E-state index contributed by atoms with van der Waals surface area (Å²) in [6, 6.07) is 21.7. The van der Waals surface area contributed by atoms with Gasteiger partial charge in [0.25, 0.3) is 0 Å². The Balaban J connectivity index is 1.89. The fraction of sp³-hybridized carbons (Fsp3) is 0.375. The summed E-state index contributed by atoms with van der Waals surface area (Å²) < 4.78 is 26.8. The molecule has 0 aliphatic carbocycles. The van der Waals surface area contributed by atoms with Crippen molar-refractivity contribution < 1.29 is 18.0 Å². The Bertz CT molecular complexity index is 1430. The van der Waals surface area contributed by atoms with Crippen molar-refractivity contribution in [3.05, 3.63) is 100 Å². The van der Waals surface area contributed by atoms with Crippen LogP contribution in [0.3, 0.4) is 0 Å². The number of carbonyl (C=O) groups excluding carboxylic acids is 2. The van der Waals surface area contributed by atoms with Crippen molar-refractivity contribution in [1.82, 2.24) is 10.2 Å². The van der Waals surface area contributed by atoms with E-state index >= 15 is 0 Å². The minimum Gasteiger partial charge on any atom is -0.354 e. The number of carbonyl (C=O) groups is 2. The molecule has 0 saturated heterocycles. The molecule has 0 saturated carbocycles. The van der Waals surface area contributed by atoms with Crippen LogP contribution >= 0.6 is 11.6 Å². The number of hydrogen-bond donors (Lipinski definition) is 1. The Morgan fingerprint density at radius 2 is 1.63 bits per heavy atom. The van der Waals surface area contributed by atoms with Crippen LogP contribution < -0.4 is 9.62 Å². The number of anilines is 1. The smallest absolute Gasteiger partial charge is 0.243 e. The van der Waals surface area contributed by atoms with Crippen LogP contribution in [0.2, 0.25) is 5.02 Å². The van der Waals surface area contributed by atoms with Crippen LogP contribution in [0, 0.1) is 13.8 Å². The minimum atomic E-state index is -3.58. The van der Waals surface area contributed by atoms with Crippen molar-refractivity contribution in [2.75, 3.05) is 23.7 Å². The predicted molar refractivity (Wildman–Crippen MR) is 167 cm³/mol. The lowest BCUT2D eigenvalue weighted by molar-refractivity contribution is -0.141. The summed E-state index contributed by atoms with van der Waals surface area (Å²) in [7, 11) is -3.58. The van der Waals surface area contributed by atoms with Crippen LogP contribution in [0.25, 0.3) is 0 Å². The second-order valence-corrected chi connectivity index (χ2v) is 12.6. The van der Waals surface area contributed by atoms with Gasteiger partial charge >= 0.3 is 0 Å². The maximum absolute atomic E-state index is 13.9. The Labute approximate surface area is 249 Å². The summed E-state index contributed by atoms with van der Waals surface area (Å²) in [4.78, 5) is 28.9. The highest BCUT2D eigenvalue weighted by molar-refractivity contribution is 7.92. The predicted octanol–water partition coefficient (Wildman–Crippen LogP) is 5.67. The first-order valence-electron chi connectivity index (χ1n) is 13.9. The summed E-state index contributed by atoms with van der Waals surface area (Å²) in [6.07, 6.45) is 2.66. The molecule has 3 aromatic carbocycles. The number of nitrogens with zero attached hydrogens (tertiary/aromatic N) is 2. The molecule has 0 unspecified atom stereocenters. The van der Waals surface area contributed by atoms with Gasteiger partial charge in [-0.15, -0.1) is 0 Å². The molecule has 41 heavy (non-hydrogen) atoms. The number of amides is 2. The first-order chi connectivity index (χ1) is 19.5. The van der Waals surface area contributed by atoms with Gasteiger partial charge in [-0.3, -0.25) is 13.9 Å². The summed E-state index contributed by atoms with van der Waals surface area (Å²) in [5.41, 5.74) is 4.22. The standard InChI is InChI=1S/C32H40ClN3O4S/c1-5-19-34-32(38)30(22-26-13-7-6-8-14-26)35(23-27-15-10-16-28(33)21-27)31(37)18-11-20-36(41(4,39)40)29-17-9-12-24(2)25(29)3/h6-10,12-17,21,30H,5,11,18-20,22-23H2,1-4H3,(H,34,38)/t30-/m0/s1. The molecule has 0 fully saturated rings. The highest BCUT2D eigenvalue weighted by Gasteiger charge is 2.30. The molecule has 0 aliphatic rings. The molecule has 1 N–H and O–H groups in total. The molecular formula is C32H40ClN3O4S. The zero-order valence-corrected chi connectivity index (χ0v) is 25.8. The van der Waals surface area contributed by atoms with Gasteiger partial charge < -0.3 is 10.2 Å². The van der Waals surface area contributed by atoms with Crippen molar-refractivity contribution in [1.29, 1.82) is 0 Å². The summed E-state index contributed by atoms with van der Waals surface area (Å²) in [6.45, 7) is 6.65. The normalized spacial score (nSPS) is 12.0. The van der Waals surface area contributed by atoms with E-state index in [1.54, 1.807) is 23.1 Å². The lowest BCUT2D eigenvalue weighted by atomic mass is 10.0. The maximum atomic E-state index is 13.9. The van der Waals surface area contributed by atoms with Crippen LogP contribution in [0.15, 0.2) is 72.8 Å². The molecule has 0 spiro atoms. The monoisotopic (exact) mass is 597 g/mol. The first-order valence-corrected chi connectivity index (χ1v) is 16.1. The number of sulfonamides is 1. The van der Waals surface area contributed by atoms with Gasteiger partial charge in [-0.25, -0.2) is 8.42 Å². The van der Waals surface area contributed by atoms with Gasteiger partial charge in [0.1, 0.15) is 6.04 Å². The molecule has 3 rings (SSSR count). The molecule has 0 radical (unpaired) electrons. The van der Waals surface area contributed by atoms with E-state index in [4.69, 9.17) is 11.6 Å². The van der Waals surface area contributed by atoms with E-state index in [0.717, 1.165) is 28.7 Å². The zero-order chi connectivity index (χ0) is 30.0. The Hall–Kier alpha value is -3.36. The number of aryl methyl sites for hydroxylation is 1. The Morgan fingerprint density at radius 1 is 0.951 bits per heavy atom. The highest BCUT2D eigenvalue weighted by atomic mass is 35.5. The number of rotatable bonds is 14. The van der Waals surface area contributed by atoms with Gasteiger partial charge in [-0.1, -0.05) is 73.1 Å². The van der Waals surface area contributed by atoms with E-state index in [9.17, 15) is 18.0 Å². The molecule has 0 aliphatic heterocycles. The van der Waals surface area contributed by atoms with Gasteiger partial charge in [0.2, 0.25) is 21.8 Å². The van der Waals surface area contributed by atoms with E-state index < -0.39 is 16.1 Å². The van der Waals surface area contributed by atoms with Gasteiger partial charge in [-0.2, -0.15) is 0 Å². The van der Waals surface area contributed by atoms with Gasteiger partial charge in [0.05, 0.1) is 11.9 Å². The third-order valence-corrected chi connectivity index (χ3v) is 8.47. The molecule has 0 heterocycles. The number of benzene rings is 3. The second-order valence-electron chi connectivity index (χ2n) is 10.3. The summed E-state index contributed by atoms with van der Waals surface area (Å²) in [5, 5.41) is 3.51. The Morgan fingerprint density at radius 3 is 2.29 bits per heavy atom. The third-order valence-electron chi connectivity index (χ3n) is 7.06. The van der Waals surface area contributed by atoms with E-state index in [1.165, 1.54) is 10.6 Å². The molecule has 0 aromatic heterocycles. The van der Waals surface area contributed by atoms with Crippen LogP contribution in [0.5, 0.6) is 0 Å². The van der Waals surface area contributed by atoms with E-state index in [0.29, 0.717) is 30.1 Å². The molecule has 1 atom stereocenters. The number of hydrogen-bond acceptors (Lipinski definition) is 4. The third kappa shape index (κ3) is 9.33. The number of halogens is 1. The van der Waals surface area contributed by atoms with Crippen molar-refractivity contribution in [2.45, 2.75) is 59.0 Å². The molecule has 220 valence electrons. The topological polar surface area (TPSA) is 86.8 Å². The van der Waals surface area contributed by atoms with E-state index in [1.807, 2.05) is 75.4 Å². The molecule has 9 heteroatoms. The van der Waals surface area contributed by atoms with Crippen LogP contribution in [-0.2, 0) is 32.6 Å². The summed E-state index contributed by atoms with van der Waals surface area (Å²) >= 11 is 6.25. The quantitative estimate of drug-likeness (QED) is 0.259. The Kier molecular flexibility index (Phi) is 11.8. The fourth-order valence-corrected chi connectivity index (χ4v) is 5.97.